The lowest BCUT2D eigenvalue weighted by Crippen LogP contribution is -2.46. The first kappa shape index (κ1) is 21.8. The van der Waals surface area contributed by atoms with E-state index in [9.17, 15) is 9.59 Å². The van der Waals surface area contributed by atoms with Crippen LogP contribution in [0.3, 0.4) is 0 Å². The summed E-state index contributed by atoms with van der Waals surface area (Å²) in [5.41, 5.74) is 3.62. The van der Waals surface area contributed by atoms with Gasteiger partial charge in [0.05, 0.1) is 6.04 Å². The van der Waals surface area contributed by atoms with Crippen molar-refractivity contribution in [3.8, 4) is 0 Å². The number of carbonyl (C=O) groups excluding carboxylic acids is 2. The molecule has 5 nitrogen and oxygen atoms in total. The van der Waals surface area contributed by atoms with E-state index in [2.05, 4.69) is 34.9 Å². The van der Waals surface area contributed by atoms with Gasteiger partial charge >= 0.3 is 0 Å². The Morgan fingerprint density at radius 3 is 2.27 bits per heavy atom. The lowest BCUT2D eigenvalue weighted by atomic mass is 10.0. The molecule has 158 valence electrons. The molecular weight excluding hydrogens is 374 g/mol. The molecule has 3 rings (SSSR count). The SMILES string of the molecule is CC[C@H](NC)C(=O)N[C@H](/C=C/C(=O)N1Cc2ccccc2C1)CCc1ccccc1. The molecule has 1 heterocycles. The lowest BCUT2D eigenvalue weighted by molar-refractivity contribution is -0.127. The van der Waals surface area contributed by atoms with E-state index in [1.54, 1.807) is 13.1 Å². The molecule has 0 fully saturated rings. The Kier molecular flexibility index (Phi) is 7.80. The number of aryl methyl sites for hydroxylation is 1. The second-order valence-corrected chi connectivity index (χ2v) is 7.71. The Bertz CT molecular complexity index is 850. The van der Waals surface area contributed by atoms with Gasteiger partial charge in [-0.05, 0) is 43.0 Å². The summed E-state index contributed by atoms with van der Waals surface area (Å²) in [5, 5.41) is 6.13. The minimum absolute atomic E-state index is 0.0224. The van der Waals surface area contributed by atoms with Gasteiger partial charge in [-0.3, -0.25) is 9.59 Å². The average Bonchev–Trinajstić information content (AvgIpc) is 3.21. The van der Waals surface area contributed by atoms with Gasteiger partial charge in [0.25, 0.3) is 0 Å². The smallest absolute Gasteiger partial charge is 0.246 e. The first-order chi connectivity index (χ1) is 14.6. The molecule has 0 aliphatic carbocycles. The zero-order valence-corrected chi connectivity index (χ0v) is 17.8. The van der Waals surface area contributed by atoms with Crippen molar-refractivity contribution in [2.45, 2.75) is 51.4 Å². The predicted molar refractivity (Wildman–Crippen MR) is 120 cm³/mol. The first-order valence-corrected chi connectivity index (χ1v) is 10.7. The second kappa shape index (κ2) is 10.7. The van der Waals surface area contributed by atoms with Gasteiger partial charge in [0, 0.05) is 25.2 Å². The van der Waals surface area contributed by atoms with Crippen molar-refractivity contribution in [2.75, 3.05) is 7.05 Å². The van der Waals surface area contributed by atoms with Crippen LogP contribution in [0.25, 0.3) is 0 Å². The fourth-order valence-electron chi connectivity index (χ4n) is 3.78. The summed E-state index contributed by atoms with van der Waals surface area (Å²) < 4.78 is 0. The topological polar surface area (TPSA) is 61.4 Å². The summed E-state index contributed by atoms with van der Waals surface area (Å²) >= 11 is 0. The largest absolute Gasteiger partial charge is 0.349 e. The number of nitrogens with one attached hydrogen (secondary N) is 2. The lowest BCUT2D eigenvalue weighted by Gasteiger charge is -2.20. The summed E-state index contributed by atoms with van der Waals surface area (Å²) in [4.78, 5) is 27.1. The zero-order valence-electron chi connectivity index (χ0n) is 17.8. The van der Waals surface area contributed by atoms with Crippen LogP contribution in [-0.4, -0.2) is 35.8 Å². The maximum absolute atomic E-state index is 12.7. The van der Waals surface area contributed by atoms with Crippen LogP contribution in [0, 0.1) is 0 Å². The second-order valence-electron chi connectivity index (χ2n) is 7.71. The van der Waals surface area contributed by atoms with Crippen LogP contribution in [0.2, 0.25) is 0 Å². The normalized spacial score (nSPS) is 15.1. The van der Waals surface area contributed by atoms with Crippen molar-refractivity contribution >= 4 is 11.8 Å². The summed E-state index contributed by atoms with van der Waals surface area (Å²) in [6, 6.07) is 17.9. The van der Waals surface area contributed by atoms with Crippen LogP contribution in [0.5, 0.6) is 0 Å². The number of nitrogens with zero attached hydrogens (tertiary/aromatic N) is 1. The Balaban J connectivity index is 1.64. The Hall–Kier alpha value is -2.92. The molecule has 2 atom stereocenters. The number of benzene rings is 2. The van der Waals surface area contributed by atoms with E-state index in [-0.39, 0.29) is 23.9 Å². The Morgan fingerprint density at radius 1 is 1.03 bits per heavy atom. The number of hydrogen-bond acceptors (Lipinski definition) is 3. The van der Waals surface area contributed by atoms with E-state index >= 15 is 0 Å². The number of amides is 2. The summed E-state index contributed by atoms with van der Waals surface area (Å²) in [6.07, 6.45) is 5.73. The van der Waals surface area contributed by atoms with Gasteiger partial charge in [0.1, 0.15) is 0 Å². The third-order valence-electron chi connectivity index (χ3n) is 5.61. The van der Waals surface area contributed by atoms with Crippen molar-refractivity contribution in [2.24, 2.45) is 0 Å². The first-order valence-electron chi connectivity index (χ1n) is 10.7. The van der Waals surface area contributed by atoms with E-state index in [1.807, 2.05) is 48.2 Å². The molecule has 0 unspecified atom stereocenters. The van der Waals surface area contributed by atoms with Crippen LogP contribution in [-0.2, 0) is 29.1 Å². The minimum atomic E-state index is -0.235. The number of carbonyl (C=O) groups is 2. The summed E-state index contributed by atoms with van der Waals surface area (Å²) in [6.45, 7) is 3.25. The van der Waals surface area contributed by atoms with Gasteiger partial charge in [-0.1, -0.05) is 67.6 Å². The van der Waals surface area contributed by atoms with Crippen molar-refractivity contribution in [1.29, 1.82) is 0 Å². The third kappa shape index (κ3) is 5.80. The maximum Gasteiger partial charge on any atom is 0.246 e. The number of rotatable bonds is 9. The molecule has 0 bridgehead atoms. The van der Waals surface area contributed by atoms with Crippen molar-refractivity contribution in [3.63, 3.8) is 0 Å². The highest BCUT2D eigenvalue weighted by Crippen LogP contribution is 2.22. The molecule has 0 aromatic heterocycles. The van der Waals surface area contributed by atoms with E-state index < -0.39 is 0 Å². The van der Waals surface area contributed by atoms with Gasteiger partial charge in [-0.25, -0.2) is 0 Å². The molecule has 30 heavy (non-hydrogen) atoms. The predicted octanol–water partition coefficient (Wildman–Crippen LogP) is 3.20. The highest BCUT2D eigenvalue weighted by Gasteiger charge is 2.22. The highest BCUT2D eigenvalue weighted by atomic mass is 16.2. The molecule has 0 saturated heterocycles. The van der Waals surface area contributed by atoms with E-state index in [0.29, 0.717) is 19.5 Å². The van der Waals surface area contributed by atoms with E-state index in [1.165, 1.54) is 16.7 Å². The molecule has 0 spiro atoms. The number of hydrogen-bond donors (Lipinski definition) is 2. The van der Waals surface area contributed by atoms with Crippen molar-refractivity contribution in [3.05, 3.63) is 83.4 Å². The highest BCUT2D eigenvalue weighted by molar-refractivity contribution is 5.88. The van der Waals surface area contributed by atoms with Gasteiger partial charge in [-0.2, -0.15) is 0 Å². The van der Waals surface area contributed by atoms with Crippen LogP contribution in [0.15, 0.2) is 66.7 Å². The molecule has 1 aliphatic rings. The Morgan fingerprint density at radius 2 is 1.67 bits per heavy atom. The molecule has 2 aromatic carbocycles. The van der Waals surface area contributed by atoms with Crippen LogP contribution in [0.4, 0.5) is 0 Å². The average molecular weight is 406 g/mol. The maximum atomic E-state index is 12.7. The van der Waals surface area contributed by atoms with E-state index in [0.717, 1.165) is 12.8 Å². The Labute approximate surface area is 179 Å². The van der Waals surface area contributed by atoms with Crippen LogP contribution >= 0.6 is 0 Å². The fourth-order valence-corrected chi connectivity index (χ4v) is 3.78. The molecule has 2 amide bonds. The monoisotopic (exact) mass is 405 g/mol. The molecule has 5 heteroatoms. The fraction of sp³-hybridized carbons (Fsp3) is 0.360. The minimum Gasteiger partial charge on any atom is -0.349 e. The molecule has 1 aliphatic heterocycles. The van der Waals surface area contributed by atoms with Gasteiger partial charge in [-0.15, -0.1) is 0 Å². The third-order valence-corrected chi connectivity index (χ3v) is 5.61. The quantitative estimate of drug-likeness (QED) is 0.630. The van der Waals surface area contributed by atoms with Crippen LogP contribution in [0.1, 0.15) is 36.5 Å². The van der Waals surface area contributed by atoms with Gasteiger partial charge < -0.3 is 15.5 Å². The molecule has 0 radical (unpaired) electrons. The van der Waals surface area contributed by atoms with Crippen LogP contribution < -0.4 is 10.6 Å². The molecule has 0 saturated carbocycles. The summed E-state index contributed by atoms with van der Waals surface area (Å²) in [5.74, 6) is -0.0606. The van der Waals surface area contributed by atoms with Crippen molar-refractivity contribution in [1.82, 2.24) is 15.5 Å². The van der Waals surface area contributed by atoms with Gasteiger partial charge in [0.2, 0.25) is 11.8 Å². The van der Waals surface area contributed by atoms with Gasteiger partial charge in [0.15, 0.2) is 0 Å². The standard InChI is InChI=1S/C25H31N3O2/c1-3-23(26-2)25(30)27-22(14-13-19-9-5-4-6-10-19)15-16-24(29)28-17-20-11-7-8-12-21(20)18-28/h4-12,15-16,22-23,26H,3,13-14,17-18H2,1-2H3,(H,27,30)/b16-15+/t22-,23-/m0/s1. The van der Waals surface area contributed by atoms with Crippen molar-refractivity contribution < 1.29 is 9.59 Å². The molecule has 2 N–H and O–H groups in total. The number of fused-ring (bicyclic) bond motifs is 1. The molecule has 2 aromatic rings. The number of likely N-dealkylation sites (N-methyl/N-ethyl adjacent to an activating group) is 1. The van der Waals surface area contributed by atoms with E-state index in [4.69, 9.17) is 0 Å². The molecular formula is C25H31N3O2. The zero-order chi connectivity index (χ0) is 21.3. The summed E-state index contributed by atoms with van der Waals surface area (Å²) in [7, 11) is 1.79.